The number of anilines is 2. The van der Waals surface area contributed by atoms with Gasteiger partial charge in [0.1, 0.15) is 5.00 Å². The van der Waals surface area contributed by atoms with Crippen LogP contribution in [0.4, 0.5) is 10.8 Å². The van der Waals surface area contributed by atoms with Crippen molar-refractivity contribution in [3.8, 4) is 11.3 Å². The fourth-order valence-electron chi connectivity index (χ4n) is 3.71. The van der Waals surface area contributed by atoms with Crippen molar-refractivity contribution < 1.29 is 4.74 Å². The molecule has 1 aliphatic heterocycles. The monoisotopic (exact) mass is 424 g/mol. The Hall–Kier alpha value is -2.82. The quantitative estimate of drug-likeness (QED) is 0.490. The normalized spacial score (nSPS) is 15.8. The van der Waals surface area contributed by atoms with Crippen LogP contribution < -0.4 is 5.32 Å². The number of likely N-dealkylation sites (tertiary alicyclic amines) is 1. The van der Waals surface area contributed by atoms with Gasteiger partial charge < -0.3 is 15.0 Å². The molecular weight excluding hydrogens is 400 g/mol. The molecule has 0 radical (unpaired) electrons. The van der Waals surface area contributed by atoms with Crippen molar-refractivity contribution in [3.05, 3.63) is 42.2 Å². The van der Waals surface area contributed by atoms with E-state index < -0.39 is 0 Å². The number of fused-ring (bicyclic) bond motifs is 1. The van der Waals surface area contributed by atoms with Crippen LogP contribution in [0.2, 0.25) is 0 Å². The summed E-state index contributed by atoms with van der Waals surface area (Å²) >= 11 is 1.41. The number of nitrogens with one attached hydrogen (secondary N) is 2. The van der Waals surface area contributed by atoms with Crippen LogP contribution in [0.25, 0.3) is 16.9 Å². The first-order valence-corrected chi connectivity index (χ1v) is 10.8. The lowest BCUT2D eigenvalue weighted by molar-refractivity contribution is 0.00106. The minimum absolute atomic E-state index is 0.323. The average molecular weight is 425 g/mol. The molecule has 4 aromatic rings. The molecule has 1 aliphatic rings. The highest BCUT2D eigenvalue weighted by Gasteiger charge is 2.18. The summed E-state index contributed by atoms with van der Waals surface area (Å²) in [5, 5.41) is 11.2. The summed E-state index contributed by atoms with van der Waals surface area (Å²) in [4.78, 5) is 11.6. The lowest BCUT2D eigenvalue weighted by Gasteiger charge is -2.28. The van der Waals surface area contributed by atoms with Crippen LogP contribution in [-0.2, 0) is 11.3 Å². The zero-order chi connectivity index (χ0) is 20.5. The molecule has 0 aromatic carbocycles. The van der Waals surface area contributed by atoms with Gasteiger partial charge in [0.15, 0.2) is 11.5 Å². The number of hydrogen-bond donors (Lipinski definition) is 2. The summed E-state index contributed by atoms with van der Waals surface area (Å²) in [6.07, 6.45) is 9.93. The van der Waals surface area contributed by atoms with Crippen molar-refractivity contribution in [2.75, 3.05) is 25.5 Å². The van der Waals surface area contributed by atoms with Gasteiger partial charge in [0.05, 0.1) is 42.2 Å². The number of rotatable bonds is 6. The van der Waals surface area contributed by atoms with Gasteiger partial charge in [-0.3, -0.25) is 9.50 Å². The molecule has 2 N–H and O–H groups in total. The fourth-order valence-corrected chi connectivity index (χ4v) is 4.36. The molecular formula is C20H24N8OS. The number of aryl methyl sites for hydroxylation is 1. The lowest BCUT2D eigenvalue weighted by atomic mass is 10.1. The highest BCUT2D eigenvalue weighted by atomic mass is 32.1. The number of aromatic amines is 1. The molecule has 5 rings (SSSR count). The van der Waals surface area contributed by atoms with Crippen molar-refractivity contribution in [2.45, 2.75) is 32.5 Å². The standard InChI is InChI=1S/C20H24N8OS/c1-13-11-28-17(14-8-22-23-9-14)10-21-20(28)19(24-13)25-18-7-15(26-30-18)12-29-16-3-5-27(2)6-4-16/h7-11,16H,3-6,12H2,1-2H3,(H,22,23)(H,24,25). The van der Waals surface area contributed by atoms with Crippen LogP contribution in [0.5, 0.6) is 0 Å². The summed E-state index contributed by atoms with van der Waals surface area (Å²) in [7, 11) is 2.16. The molecule has 1 saturated heterocycles. The molecule has 156 valence electrons. The van der Waals surface area contributed by atoms with E-state index in [9.17, 15) is 0 Å². The van der Waals surface area contributed by atoms with Gasteiger partial charge in [-0.2, -0.15) is 9.47 Å². The Morgan fingerprint density at radius 3 is 2.97 bits per heavy atom. The van der Waals surface area contributed by atoms with Crippen LogP contribution in [0.15, 0.2) is 30.9 Å². The summed E-state index contributed by atoms with van der Waals surface area (Å²) in [6, 6.07) is 2.03. The van der Waals surface area contributed by atoms with Gasteiger partial charge in [-0.25, -0.2) is 9.97 Å². The molecule has 5 heterocycles. The number of nitrogens with zero attached hydrogens (tertiary/aromatic N) is 6. The van der Waals surface area contributed by atoms with Crippen LogP contribution >= 0.6 is 11.5 Å². The highest BCUT2D eigenvalue weighted by Crippen LogP contribution is 2.27. The van der Waals surface area contributed by atoms with E-state index in [1.165, 1.54) is 11.5 Å². The Balaban J connectivity index is 1.31. The first-order valence-electron chi connectivity index (χ1n) is 10.0. The molecule has 0 unspecified atom stereocenters. The molecule has 0 atom stereocenters. The van der Waals surface area contributed by atoms with Crippen LogP contribution in [0.1, 0.15) is 24.2 Å². The summed E-state index contributed by atoms with van der Waals surface area (Å²) in [5.74, 6) is 0.705. The van der Waals surface area contributed by atoms with Crippen molar-refractivity contribution >= 4 is 28.0 Å². The molecule has 0 bridgehead atoms. The maximum absolute atomic E-state index is 6.06. The Kier molecular flexibility index (Phi) is 5.19. The zero-order valence-electron chi connectivity index (χ0n) is 17.0. The van der Waals surface area contributed by atoms with Crippen LogP contribution in [0.3, 0.4) is 0 Å². The number of piperidine rings is 1. The van der Waals surface area contributed by atoms with E-state index in [2.05, 4.69) is 41.8 Å². The van der Waals surface area contributed by atoms with E-state index in [4.69, 9.17) is 4.74 Å². The second kappa shape index (κ2) is 8.13. The Morgan fingerprint density at radius 2 is 2.17 bits per heavy atom. The third-order valence-electron chi connectivity index (χ3n) is 5.34. The van der Waals surface area contributed by atoms with Crippen molar-refractivity contribution in [1.29, 1.82) is 0 Å². The molecule has 4 aromatic heterocycles. The lowest BCUT2D eigenvalue weighted by Crippen LogP contribution is -2.34. The molecule has 0 spiro atoms. The van der Waals surface area contributed by atoms with Gasteiger partial charge in [-0.15, -0.1) is 0 Å². The molecule has 9 nitrogen and oxygen atoms in total. The predicted molar refractivity (Wildman–Crippen MR) is 116 cm³/mol. The van der Waals surface area contributed by atoms with Crippen LogP contribution in [-0.4, -0.2) is 60.1 Å². The van der Waals surface area contributed by atoms with E-state index >= 15 is 0 Å². The Bertz CT molecular complexity index is 1130. The predicted octanol–water partition coefficient (Wildman–Crippen LogP) is 3.24. The van der Waals surface area contributed by atoms with Gasteiger partial charge in [0.25, 0.3) is 0 Å². The second-order valence-electron chi connectivity index (χ2n) is 7.68. The first-order chi connectivity index (χ1) is 14.7. The summed E-state index contributed by atoms with van der Waals surface area (Å²) < 4.78 is 12.6. The fraction of sp³-hybridized carbons (Fsp3) is 0.400. The molecule has 0 saturated carbocycles. The molecule has 10 heteroatoms. The third-order valence-corrected chi connectivity index (χ3v) is 6.08. The van der Waals surface area contributed by atoms with Gasteiger partial charge in [-0.05, 0) is 44.4 Å². The number of ether oxygens (including phenoxy) is 1. The average Bonchev–Trinajstić information content (AvgIpc) is 3.48. The molecule has 1 fully saturated rings. The maximum atomic E-state index is 6.06. The van der Waals surface area contributed by atoms with Gasteiger partial charge in [0, 0.05) is 31.0 Å². The summed E-state index contributed by atoms with van der Waals surface area (Å²) in [5.41, 5.74) is 4.53. The third kappa shape index (κ3) is 3.93. The SMILES string of the molecule is Cc1cn2c(-c3cn[nH]c3)cnc2c(Nc2cc(COC3CCN(C)CC3)ns2)n1. The highest BCUT2D eigenvalue weighted by molar-refractivity contribution is 7.10. The number of H-pyrrole nitrogens is 1. The smallest absolute Gasteiger partial charge is 0.180 e. The molecule has 0 aliphatic carbocycles. The van der Waals surface area contributed by atoms with E-state index in [0.717, 1.165) is 59.2 Å². The van der Waals surface area contributed by atoms with Gasteiger partial charge in [0.2, 0.25) is 0 Å². The van der Waals surface area contributed by atoms with Crippen molar-refractivity contribution in [2.24, 2.45) is 0 Å². The van der Waals surface area contributed by atoms with E-state index in [1.807, 2.05) is 36.0 Å². The van der Waals surface area contributed by atoms with E-state index in [0.29, 0.717) is 18.5 Å². The largest absolute Gasteiger partial charge is 0.372 e. The minimum atomic E-state index is 0.323. The summed E-state index contributed by atoms with van der Waals surface area (Å²) in [6.45, 7) is 4.69. The zero-order valence-corrected chi connectivity index (χ0v) is 17.8. The van der Waals surface area contributed by atoms with Crippen molar-refractivity contribution in [3.63, 3.8) is 0 Å². The van der Waals surface area contributed by atoms with Crippen molar-refractivity contribution in [1.82, 2.24) is 33.8 Å². The van der Waals surface area contributed by atoms with E-state index in [1.54, 1.807) is 6.20 Å². The van der Waals surface area contributed by atoms with Gasteiger partial charge in [-0.1, -0.05) is 0 Å². The first kappa shape index (κ1) is 19.2. The number of hydrogen-bond acceptors (Lipinski definition) is 8. The van der Waals surface area contributed by atoms with Gasteiger partial charge >= 0.3 is 0 Å². The topological polar surface area (TPSA) is 96.3 Å². The Labute approximate surface area is 178 Å². The van der Waals surface area contributed by atoms with Crippen LogP contribution in [0, 0.1) is 6.92 Å². The minimum Gasteiger partial charge on any atom is -0.372 e. The maximum Gasteiger partial charge on any atom is 0.180 e. The molecule has 30 heavy (non-hydrogen) atoms. The number of imidazole rings is 1. The second-order valence-corrected chi connectivity index (χ2v) is 8.48. The molecule has 0 amide bonds. The Morgan fingerprint density at radius 1 is 1.30 bits per heavy atom. The van der Waals surface area contributed by atoms with E-state index in [-0.39, 0.29) is 0 Å². The number of aromatic nitrogens is 6.